The summed E-state index contributed by atoms with van der Waals surface area (Å²) in [5.74, 6) is -0.102. The standard InChI is InChI=1S/C26H20N2OS/c1-16-7-14-23-24(15-16)30-26(28-23)18-9-11-19(12-10-18)27-25(29)22-13-8-17(2)20-5-3-4-6-21(20)22/h3-15H,1-2H3,(H,27,29). The average molecular weight is 409 g/mol. The minimum absolute atomic E-state index is 0.102. The van der Waals surface area contributed by atoms with Crippen molar-refractivity contribution in [3.8, 4) is 10.6 Å². The van der Waals surface area contributed by atoms with Crippen molar-refractivity contribution in [1.29, 1.82) is 0 Å². The Kier molecular flexibility index (Phi) is 4.57. The molecule has 1 amide bonds. The van der Waals surface area contributed by atoms with Gasteiger partial charge < -0.3 is 5.32 Å². The van der Waals surface area contributed by atoms with Crippen molar-refractivity contribution in [3.05, 3.63) is 95.6 Å². The zero-order chi connectivity index (χ0) is 20.7. The van der Waals surface area contributed by atoms with Gasteiger partial charge in [-0.15, -0.1) is 11.3 Å². The van der Waals surface area contributed by atoms with E-state index in [4.69, 9.17) is 4.98 Å². The molecule has 1 aromatic heterocycles. The summed E-state index contributed by atoms with van der Waals surface area (Å²) >= 11 is 1.69. The fourth-order valence-corrected chi connectivity index (χ4v) is 4.77. The molecule has 0 fully saturated rings. The lowest BCUT2D eigenvalue weighted by Gasteiger charge is -2.10. The molecule has 30 heavy (non-hydrogen) atoms. The van der Waals surface area contributed by atoms with Crippen LogP contribution in [0.15, 0.2) is 78.9 Å². The second kappa shape index (κ2) is 7.39. The average Bonchev–Trinajstić information content (AvgIpc) is 3.18. The van der Waals surface area contributed by atoms with Crippen molar-refractivity contribution >= 4 is 43.9 Å². The van der Waals surface area contributed by atoms with Crippen molar-refractivity contribution in [2.45, 2.75) is 13.8 Å². The molecular weight excluding hydrogens is 388 g/mol. The molecule has 0 bridgehead atoms. The smallest absolute Gasteiger partial charge is 0.256 e. The Morgan fingerprint density at radius 2 is 1.63 bits per heavy atom. The van der Waals surface area contributed by atoms with Gasteiger partial charge in [-0.05, 0) is 78.2 Å². The first-order chi connectivity index (χ1) is 14.6. The molecule has 146 valence electrons. The zero-order valence-corrected chi connectivity index (χ0v) is 17.6. The molecule has 0 spiro atoms. The SMILES string of the molecule is Cc1ccc2nc(-c3ccc(NC(=O)c4ccc(C)c5ccccc45)cc3)sc2c1. The number of rotatable bonds is 3. The Bertz CT molecular complexity index is 1400. The van der Waals surface area contributed by atoms with Gasteiger partial charge >= 0.3 is 0 Å². The monoisotopic (exact) mass is 408 g/mol. The largest absolute Gasteiger partial charge is 0.322 e. The third kappa shape index (κ3) is 3.36. The minimum atomic E-state index is -0.102. The lowest BCUT2D eigenvalue weighted by atomic mass is 10.00. The minimum Gasteiger partial charge on any atom is -0.322 e. The van der Waals surface area contributed by atoms with Gasteiger partial charge in [0.05, 0.1) is 10.2 Å². The predicted octanol–water partition coefficient (Wildman–Crippen LogP) is 6.99. The molecule has 0 saturated carbocycles. The normalized spacial score (nSPS) is 11.1. The van der Waals surface area contributed by atoms with Crippen LogP contribution in [0.3, 0.4) is 0 Å². The van der Waals surface area contributed by atoms with E-state index in [1.807, 2.05) is 54.6 Å². The summed E-state index contributed by atoms with van der Waals surface area (Å²) in [5.41, 5.74) is 5.92. The molecule has 0 atom stereocenters. The molecule has 1 N–H and O–H groups in total. The number of amides is 1. The fourth-order valence-electron chi connectivity index (χ4n) is 3.70. The number of hydrogen-bond donors (Lipinski definition) is 1. The molecule has 1 heterocycles. The Morgan fingerprint density at radius 3 is 2.43 bits per heavy atom. The van der Waals surface area contributed by atoms with Crippen molar-refractivity contribution < 1.29 is 4.79 Å². The first-order valence-electron chi connectivity index (χ1n) is 9.86. The molecule has 5 aromatic rings. The number of fused-ring (bicyclic) bond motifs is 2. The Labute approximate surface area is 179 Å². The van der Waals surface area contributed by atoms with Gasteiger partial charge in [-0.2, -0.15) is 0 Å². The van der Waals surface area contributed by atoms with E-state index in [9.17, 15) is 4.79 Å². The van der Waals surface area contributed by atoms with Crippen LogP contribution in [0.1, 0.15) is 21.5 Å². The van der Waals surface area contributed by atoms with E-state index in [1.54, 1.807) is 11.3 Å². The zero-order valence-electron chi connectivity index (χ0n) is 16.8. The molecular formula is C26H20N2OS. The van der Waals surface area contributed by atoms with Gasteiger partial charge in [0.15, 0.2) is 0 Å². The lowest BCUT2D eigenvalue weighted by molar-refractivity contribution is 0.102. The Morgan fingerprint density at radius 1 is 0.867 bits per heavy atom. The van der Waals surface area contributed by atoms with E-state index < -0.39 is 0 Å². The summed E-state index contributed by atoms with van der Waals surface area (Å²) in [5, 5.41) is 6.08. The van der Waals surface area contributed by atoms with E-state index in [1.165, 1.54) is 10.3 Å². The van der Waals surface area contributed by atoms with Crippen molar-refractivity contribution in [3.63, 3.8) is 0 Å². The van der Waals surface area contributed by atoms with Crippen LogP contribution in [0.2, 0.25) is 0 Å². The maximum Gasteiger partial charge on any atom is 0.256 e. The van der Waals surface area contributed by atoms with Gasteiger partial charge in [-0.3, -0.25) is 4.79 Å². The molecule has 4 aromatic carbocycles. The van der Waals surface area contributed by atoms with Crippen LogP contribution in [0.4, 0.5) is 5.69 Å². The van der Waals surface area contributed by atoms with Crippen LogP contribution in [0.25, 0.3) is 31.6 Å². The number of thiazole rings is 1. The number of benzene rings is 4. The number of nitrogens with zero attached hydrogens (tertiary/aromatic N) is 1. The lowest BCUT2D eigenvalue weighted by Crippen LogP contribution is -2.12. The number of hydrogen-bond acceptors (Lipinski definition) is 3. The molecule has 0 aliphatic carbocycles. The molecule has 0 saturated heterocycles. The predicted molar refractivity (Wildman–Crippen MR) is 126 cm³/mol. The van der Waals surface area contributed by atoms with Gasteiger partial charge in [0.2, 0.25) is 0 Å². The number of carbonyl (C=O) groups is 1. The van der Waals surface area contributed by atoms with Crippen molar-refractivity contribution in [2.75, 3.05) is 5.32 Å². The molecule has 0 unspecified atom stereocenters. The van der Waals surface area contributed by atoms with Crippen molar-refractivity contribution in [2.24, 2.45) is 0 Å². The highest BCUT2D eigenvalue weighted by molar-refractivity contribution is 7.21. The molecule has 3 nitrogen and oxygen atoms in total. The van der Waals surface area contributed by atoms with E-state index in [2.05, 4.69) is 43.4 Å². The highest BCUT2D eigenvalue weighted by Gasteiger charge is 2.12. The number of nitrogens with one attached hydrogen (secondary N) is 1. The van der Waals surface area contributed by atoms with Gasteiger partial charge in [0, 0.05) is 16.8 Å². The number of aromatic nitrogens is 1. The number of carbonyl (C=O) groups excluding carboxylic acids is 1. The third-order valence-corrected chi connectivity index (χ3v) is 6.39. The van der Waals surface area contributed by atoms with E-state index in [0.717, 1.165) is 38.1 Å². The van der Waals surface area contributed by atoms with Crippen LogP contribution in [-0.2, 0) is 0 Å². The molecule has 0 aliphatic heterocycles. The van der Waals surface area contributed by atoms with E-state index in [-0.39, 0.29) is 5.91 Å². The molecule has 0 radical (unpaired) electrons. The molecule has 4 heteroatoms. The van der Waals surface area contributed by atoms with Crippen LogP contribution in [0, 0.1) is 13.8 Å². The number of aryl methyl sites for hydroxylation is 2. The van der Waals surface area contributed by atoms with Gasteiger partial charge in [0.1, 0.15) is 5.01 Å². The maximum absolute atomic E-state index is 12.9. The van der Waals surface area contributed by atoms with Gasteiger partial charge in [-0.25, -0.2) is 4.98 Å². The van der Waals surface area contributed by atoms with Gasteiger partial charge in [-0.1, -0.05) is 36.4 Å². The Hall–Kier alpha value is -3.50. The fraction of sp³-hybridized carbons (Fsp3) is 0.0769. The summed E-state index contributed by atoms with van der Waals surface area (Å²) < 4.78 is 1.19. The van der Waals surface area contributed by atoms with Crippen molar-refractivity contribution in [1.82, 2.24) is 4.98 Å². The summed E-state index contributed by atoms with van der Waals surface area (Å²) in [6, 6.07) is 26.1. The second-order valence-corrected chi connectivity index (χ2v) is 8.53. The van der Waals surface area contributed by atoms with Crippen LogP contribution in [-0.4, -0.2) is 10.9 Å². The van der Waals surface area contributed by atoms with E-state index >= 15 is 0 Å². The van der Waals surface area contributed by atoms with E-state index in [0.29, 0.717) is 5.56 Å². The van der Waals surface area contributed by atoms with Gasteiger partial charge in [0.25, 0.3) is 5.91 Å². The van der Waals surface area contributed by atoms with Crippen LogP contribution in [0.5, 0.6) is 0 Å². The Balaban J connectivity index is 1.41. The third-order valence-electron chi connectivity index (χ3n) is 5.32. The number of anilines is 1. The highest BCUT2D eigenvalue weighted by atomic mass is 32.1. The summed E-state index contributed by atoms with van der Waals surface area (Å²) in [6.07, 6.45) is 0. The van der Waals surface area contributed by atoms with Crippen LogP contribution >= 0.6 is 11.3 Å². The maximum atomic E-state index is 12.9. The first kappa shape index (κ1) is 18.5. The molecule has 0 aliphatic rings. The topological polar surface area (TPSA) is 42.0 Å². The summed E-state index contributed by atoms with van der Waals surface area (Å²) in [4.78, 5) is 17.7. The summed E-state index contributed by atoms with van der Waals surface area (Å²) in [6.45, 7) is 4.15. The highest BCUT2D eigenvalue weighted by Crippen LogP contribution is 2.31. The second-order valence-electron chi connectivity index (χ2n) is 7.50. The summed E-state index contributed by atoms with van der Waals surface area (Å²) in [7, 11) is 0. The molecule has 5 rings (SSSR count). The first-order valence-corrected chi connectivity index (χ1v) is 10.7. The quantitative estimate of drug-likeness (QED) is 0.350. The van der Waals surface area contributed by atoms with Crippen LogP contribution < -0.4 is 5.32 Å².